The quantitative estimate of drug-likeness (QED) is 0.510. The van der Waals surface area contributed by atoms with E-state index in [1.54, 1.807) is 0 Å². The summed E-state index contributed by atoms with van der Waals surface area (Å²) in [6.45, 7) is 3.96. The number of rotatable bonds is 5. The van der Waals surface area contributed by atoms with Crippen LogP contribution in [0.1, 0.15) is 26.7 Å². The summed E-state index contributed by atoms with van der Waals surface area (Å²) in [6.07, 6.45) is 0.692. The zero-order chi connectivity index (χ0) is 10.4. The van der Waals surface area contributed by atoms with Gasteiger partial charge in [0, 0.05) is 6.42 Å². The monoisotopic (exact) mass is 206 g/mol. The lowest BCUT2D eigenvalue weighted by molar-refractivity contribution is -0.147. The molecule has 0 N–H and O–H groups in total. The molecule has 0 rings (SSSR count). The Labute approximate surface area is 83.4 Å². The van der Waals surface area contributed by atoms with Gasteiger partial charge in [-0.05, 0) is 23.9 Å². The van der Waals surface area contributed by atoms with Crippen LogP contribution in [0.4, 0.5) is 0 Å². The van der Waals surface area contributed by atoms with Crippen molar-refractivity contribution < 1.29 is 14.3 Å². The Hall–Kier alpha value is -0.570. The lowest BCUT2D eigenvalue weighted by Crippen LogP contribution is -2.20. The number of esters is 1. The van der Waals surface area contributed by atoms with Crippen LogP contribution in [0.2, 0.25) is 0 Å². The van der Waals surface area contributed by atoms with Crippen molar-refractivity contribution in [3.8, 4) is 0 Å². The predicted octanol–water partition coefficient (Wildman–Crippen LogP) is 1.98. The van der Waals surface area contributed by atoms with Crippen LogP contribution < -0.4 is 0 Å². The zero-order valence-electron chi connectivity index (χ0n) is 8.17. The first-order chi connectivity index (χ1) is 5.97. The minimum atomic E-state index is -0.490. The van der Waals surface area contributed by atoms with Crippen molar-refractivity contribution in [3.05, 3.63) is 0 Å². The van der Waals surface area contributed by atoms with Crippen molar-refractivity contribution in [2.24, 2.45) is 11.8 Å². The SMILES string of the molecule is COC(=O)C(CC(=O)Cl)CC(C)C. The molecule has 0 saturated heterocycles. The standard InChI is InChI=1S/C9H15ClO3/c1-6(2)4-7(5-8(10)11)9(12)13-3/h6-7H,4-5H2,1-3H3. The summed E-state index contributed by atoms with van der Waals surface area (Å²) < 4.78 is 4.56. The van der Waals surface area contributed by atoms with Gasteiger partial charge in [-0.2, -0.15) is 0 Å². The second kappa shape index (κ2) is 5.97. The van der Waals surface area contributed by atoms with Gasteiger partial charge < -0.3 is 4.74 Å². The molecule has 0 spiro atoms. The molecule has 0 heterocycles. The van der Waals surface area contributed by atoms with E-state index in [1.165, 1.54) is 7.11 Å². The second-order valence-electron chi connectivity index (χ2n) is 3.41. The molecule has 0 aliphatic rings. The molecule has 0 radical (unpaired) electrons. The first-order valence-electron chi connectivity index (χ1n) is 4.23. The van der Waals surface area contributed by atoms with Crippen molar-refractivity contribution in [2.75, 3.05) is 7.11 Å². The van der Waals surface area contributed by atoms with Gasteiger partial charge in [0.05, 0.1) is 13.0 Å². The third-order valence-electron chi connectivity index (χ3n) is 1.70. The minimum Gasteiger partial charge on any atom is -0.469 e. The lowest BCUT2D eigenvalue weighted by atomic mass is 9.95. The third-order valence-corrected chi connectivity index (χ3v) is 1.85. The summed E-state index contributed by atoms with van der Waals surface area (Å²) in [6, 6.07) is 0. The molecule has 0 fully saturated rings. The van der Waals surface area contributed by atoms with Crippen LogP contribution in [-0.4, -0.2) is 18.3 Å². The van der Waals surface area contributed by atoms with E-state index >= 15 is 0 Å². The fourth-order valence-corrected chi connectivity index (χ4v) is 1.38. The molecule has 0 aromatic carbocycles. The summed E-state index contributed by atoms with van der Waals surface area (Å²) >= 11 is 5.21. The Morgan fingerprint density at radius 3 is 2.23 bits per heavy atom. The lowest BCUT2D eigenvalue weighted by Gasteiger charge is -2.14. The number of ether oxygens (including phenoxy) is 1. The molecule has 3 nitrogen and oxygen atoms in total. The van der Waals surface area contributed by atoms with E-state index in [4.69, 9.17) is 11.6 Å². The van der Waals surface area contributed by atoms with E-state index in [0.29, 0.717) is 12.3 Å². The maximum absolute atomic E-state index is 11.1. The zero-order valence-corrected chi connectivity index (χ0v) is 8.93. The summed E-state index contributed by atoms with van der Waals surface area (Å²) in [5.74, 6) is -0.405. The van der Waals surface area contributed by atoms with Gasteiger partial charge in [0.25, 0.3) is 0 Å². The third kappa shape index (κ3) is 5.64. The van der Waals surface area contributed by atoms with Gasteiger partial charge in [-0.25, -0.2) is 0 Å². The Morgan fingerprint density at radius 1 is 1.38 bits per heavy atom. The van der Waals surface area contributed by atoms with Crippen LogP contribution in [0.25, 0.3) is 0 Å². The van der Waals surface area contributed by atoms with Gasteiger partial charge in [0.1, 0.15) is 0 Å². The molecule has 4 heteroatoms. The molecule has 1 unspecified atom stereocenters. The Morgan fingerprint density at radius 2 is 1.92 bits per heavy atom. The van der Waals surface area contributed by atoms with E-state index in [2.05, 4.69) is 4.74 Å². The van der Waals surface area contributed by atoms with Crippen molar-refractivity contribution >= 4 is 22.8 Å². The van der Waals surface area contributed by atoms with E-state index in [1.807, 2.05) is 13.8 Å². The predicted molar refractivity (Wildman–Crippen MR) is 50.4 cm³/mol. The fraction of sp³-hybridized carbons (Fsp3) is 0.778. The summed E-state index contributed by atoms with van der Waals surface area (Å²) in [7, 11) is 1.31. The van der Waals surface area contributed by atoms with Gasteiger partial charge in [0.15, 0.2) is 0 Å². The van der Waals surface area contributed by atoms with Gasteiger partial charge >= 0.3 is 5.97 Å². The number of halogens is 1. The van der Waals surface area contributed by atoms with Gasteiger partial charge in [0.2, 0.25) is 5.24 Å². The molecular weight excluding hydrogens is 192 g/mol. The number of hydrogen-bond acceptors (Lipinski definition) is 3. The molecule has 0 aliphatic heterocycles. The summed E-state index contributed by atoms with van der Waals surface area (Å²) in [5.41, 5.74) is 0. The van der Waals surface area contributed by atoms with Gasteiger partial charge in [-0.1, -0.05) is 13.8 Å². The number of methoxy groups -OCH3 is 1. The van der Waals surface area contributed by atoms with Crippen LogP contribution in [0.3, 0.4) is 0 Å². The van der Waals surface area contributed by atoms with Crippen LogP contribution in [-0.2, 0) is 14.3 Å². The minimum absolute atomic E-state index is 0.0619. The largest absolute Gasteiger partial charge is 0.469 e. The normalized spacial score (nSPS) is 12.7. The highest BCUT2D eigenvalue weighted by molar-refractivity contribution is 6.63. The van der Waals surface area contributed by atoms with Crippen molar-refractivity contribution in [2.45, 2.75) is 26.7 Å². The molecule has 13 heavy (non-hydrogen) atoms. The average Bonchev–Trinajstić information content (AvgIpc) is 2.00. The van der Waals surface area contributed by atoms with E-state index in [0.717, 1.165) is 0 Å². The molecule has 0 amide bonds. The highest BCUT2D eigenvalue weighted by Crippen LogP contribution is 2.18. The van der Waals surface area contributed by atoms with Crippen LogP contribution in [0.15, 0.2) is 0 Å². The summed E-state index contributed by atoms with van der Waals surface area (Å²) in [5, 5.41) is -0.490. The molecule has 0 aliphatic carbocycles. The second-order valence-corrected chi connectivity index (χ2v) is 3.83. The molecular formula is C9H15ClO3. The first kappa shape index (κ1) is 12.4. The maximum atomic E-state index is 11.1. The van der Waals surface area contributed by atoms with E-state index in [-0.39, 0.29) is 12.4 Å². The Bertz CT molecular complexity index is 189. The van der Waals surface area contributed by atoms with Gasteiger partial charge in [-0.3, -0.25) is 9.59 Å². The average molecular weight is 207 g/mol. The molecule has 1 atom stereocenters. The number of carbonyl (C=O) groups excluding carboxylic acids is 2. The smallest absolute Gasteiger partial charge is 0.309 e. The van der Waals surface area contributed by atoms with E-state index < -0.39 is 11.2 Å². The van der Waals surface area contributed by atoms with Crippen molar-refractivity contribution in [3.63, 3.8) is 0 Å². The fourth-order valence-electron chi connectivity index (χ4n) is 1.19. The van der Waals surface area contributed by atoms with Crippen LogP contribution in [0, 0.1) is 11.8 Å². The highest BCUT2D eigenvalue weighted by Gasteiger charge is 2.22. The Balaban J connectivity index is 4.18. The highest BCUT2D eigenvalue weighted by atomic mass is 35.5. The Kier molecular flexibility index (Phi) is 5.71. The molecule has 76 valence electrons. The molecule has 0 saturated carbocycles. The number of hydrogen-bond donors (Lipinski definition) is 0. The first-order valence-corrected chi connectivity index (χ1v) is 4.61. The van der Waals surface area contributed by atoms with E-state index in [9.17, 15) is 9.59 Å². The van der Waals surface area contributed by atoms with Crippen LogP contribution in [0.5, 0.6) is 0 Å². The van der Waals surface area contributed by atoms with Crippen molar-refractivity contribution in [1.29, 1.82) is 0 Å². The summed E-state index contributed by atoms with van der Waals surface area (Å²) in [4.78, 5) is 21.8. The van der Waals surface area contributed by atoms with Crippen LogP contribution >= 0.6 is 11.6 Å². The molecule has 0 bridgehead atoms. The molecule has 0 aromatic heterocycles. The molecule has 0 aromatic rings. The number of carbonyl (C=O) groups is 2. The topological polar surface area (TPSA) is 43.4 Å². The maximum Gasteiger partial charge on any atom is 0.309 e. The van der Waals surface area contributed by atoms with Crippen molar-refractivity contribution in [1.82, 2.24) is 0 Å². The van der Waals surface area contributed by atoms with Gasteiger partial charge in [-0.15, -0.1) is 0 Å².